The Morgan fingerprint density at radius 1 is 0.944 bits per heavy atom. The molecule has 2 aromatic rings. The van der Waals surface area contributed by atoms with Gasteiger partial charge in [-0.05, 0) is 29.5 Å². The van der Waals surface area contributed by atoms with Crippen molar-refractivity contribution in [3.63, 3.8) is 0 Å². The summed E-state index contributed by atoms with van der Waals surface area (Å²) in [5, 5.41) is 0. The minimum atomic E-state index is -2.00. The molecule has 0 radical (unpaired) electrons. The number of fused-ring (bicyclic) bond motifs is 1. The Labute approximate surface area is 105 Å². The Morgan fingerprint density at radius 2 is 1.61 bits per heavy atom. The summed E-state index contributed by atoms with van der Waals surface area (Å²) < 4.78 is 29.5. The molecule has 1 aliphatic rings. The highest BCUT2D eigenvalue weighted by molar-refractivity contribution is 5.44. The average molecular weight is 244 g/mol. The summed E-state index contributed by atoms with van der Waals surface area (Å²) in [4.78, 5) is 0. The van der Waals surface area contributed by atoms with E-state index in [0.29, 0.717) is 17.5 Å². The van der Waals surface area contributed by atoms with Crippen LogP contribution in [0.3, 0.4) is 0 Å². The molecule has 0 spiro atoms. The number of halogens is 2. The second-order valence-electron chi connectivity index (χ2n) is 4.74. The van der Waals surface area contributed by atoms with Crippen LogP contribution in [0.4, 0.5) is 8.78 Å². The average Bonchev–Trinajstić information content (AvgIpc) is 2.44. The molecule has 0 saturated heterocycles. The van der Waals surface area contributed by atoms with Crippen LogP contribution in [0, 0.1) is 0 Å². The first-order chi connectivity index (χ1) is 8.73. The molecule has 0 aromatic heterocycles. The summed E-state index contributed by atoms with van der Waals surface area (Å²) in [5.74, 6) is 0. The van der Waals surface area contributed by atoms with E-state index in [1.54, 1.807) is 36.4 Å². The monoisotopic (exact) mass is 244 g/mol. The molecule has 18 heavy (non-hydrogen) atoms. The van der Waals surface area contributed by atoms with Crippen LogP contribution in [0.25, 0.3) is 0 Å². The molecule has 3 rings (SSSR count). The van der Waals surface area contributed by atoms with Crippen LogP contribution in [-0.4, -0.2) is 6.17 Å². The summed E-state index contributed by atoms with van der Waals surface area (Å²) in [6.07, 6.45) is -0.632. The lowest BCUT2D eigenvalue weighted by Crippen LogP contribution is -2.38. The summed E-state index contributed by atoms with van der Waals surface area (Å²) >= 11 is 0. The second-order valence-corrected chi connectivity index (χ2v) is 4.74. The number of aryl methyl sites for hydroxylation is 1. The van der Waals surface area contributed by atoms with E-state index in [1.165, 1.54) is 0 Å². The fourth-order valence-electron chi connectivity index (χ4n) is 2.76. The second kappa shape index (κ2) is 4.20. The SMILES string of the molecule is F[C@@H]1CCc2ccccc2[C@]1(F)c1ccccc1. The fourth-order valence-corrected chi connectivity index (χ4v) is 2.76. The quantitative estimate of drug-likeness (QED) is 0.705. The van der Waals surface area contributed by atoms with Crippen LogP contribution in [0.5, 0.6) is 0 Å². The van der Waals surface area contributed by atoms with Gasteiger partial charge in [-0.15, -0.1) is 0 Å². The van der Waals surface area contributed by atoms with E-state index in [9.17, 15) is 4.39 Å². The van der Waals surface area contributed by atoms with Crippen LogP contribution >= 0.6 is 0 Å². The standard InChI is InChI=1S/C16H14F2/c17-15-11-10-12-6-4-5-9-14(12)16(15,18)13-7-2-1-3-8-13/h1-9,15H,10-11H2/t15-,16-/m1/s1. The molecule has 92 valence electrons. The predicted octanol–water partition coefficient (Wildman–Crippen LogP) is 4.18. The van der Waals surface area contributed by atoms with E-state index in [-0.39, 0.29) is 6.42 Å². The van der Waals surface area contributed by atoms with Crippen LogP contribution < -0.4 is 0 Å². The predicted molar refractivity (Wildman–Crippen MR) is 68.0 cm³/mol. The lowest BCUT2D eigenvalue weighted by molar-refractivity contribution is 0.0696. The molecule has 1 aliphatic carbocycles. The van der Waals surface area contributed by atoms with E-state index in [0.717, 1.165) is 5.56 Å². The van der Waals surface area contributed by atoms with Crippen LogP contribution in [0.1, 0.15) is 23.1 Å². The van der Waals surface area contributed by atoms with Crippen molar-refractivity contribution in [2.75, 3.05) is 0 Å². The maximum atomic E-state index is 15.3. The van der Waals surface area contributed by atoms with Gasteiger partial charge in [0.2, 0.25) is 0 Å². The van der Waals surface area contributed by atoms with Gasteiger partial charge in [0, 0.05) is 0 Å². The highest BCUT2D eigenvalue weighted by atomic mass is 19.2. The molecule has 0 bridgehead atoms. The summed E-state index contributed by atoms with van der Waals surface area (Å²) in [6, 6.07) is 15.9. The van der Waals surface area contributed by atoms with E-state index in [1.807, 2.05) is 18.2 Å². The first kappa shape index (κ1) is 11.4. The first-order valence-corrected chi connectivity index (χ1v) is 6.20. The Bertz CT molecular complexity index is 550. The molecule has 2 aromatic carbocycles. The normalized spacial score (nSPS) is 26.7. The maximum Gasteiger partial charge on any atom is 0.192 e. The molecule has 0 amide bonds. The molecule has 0 fully saturated rings. The maximum absolute atomic E-state index is 15.3. The third-order valence-corrected chi connectivity index (χ3v) is 3.70. The minimum Gasteiger partial charge on any atom is -0.243 e. The lowest BCUT2D eigenvalue weighted by Gasteiger charge is -2.35. The molecule has 0 heterocycles. The van der Waals surface area contributed by atoms with Gasteiger partial charge in [0.25, 0.3) is 0 Å². The van der Waals surface area contributed by atoms with Gasteiger partial charge in [-0.2, -0.15) is 0 Å². The van der Waals surface area contributed by atoms with Gasteiger partial charge in [0.1, 0.15) is 6.17 Å². The summed E-state index contributed by atoms with van der Waals surface area (Å²) in [6.45, 7) is 0. The number of hydrogen-bond acceptors (Lipinski definition) is 0. The van der Waals surface area contributed by atoms with Crippen molar-refractivity contribution in [2.45, 2.75) is 24.7 Å². The number of benzene rings is 2. The van der Waals surface area contributed by atoms with Gasteiger partial charge in [0.05, 0.1) is 0 Å². The molecule has 2 atom stereocenters. The van der Waals surface area contributed by atoms with Crippen molar-refractivity contribution in [1.29, 1.82) is 0 Å². The molecule has 0 nitrogen and oxygen atoms in total. The topological polar surface area (TPSA) is 0 Å². The molecule has 2 heteroatoms. The smallest absolute Gasteiger partial charge is 0.192 e. The Balaban J connectivity index is 2.21. The Kier molecular flexibility index (Phi) is 2.66. The third kappa shape index (κ3) is 1.56. The van der Waals surface area contributed by atoms with Gasteiger partial charge >= 0.3 is 0 Å². The fraction of sp³-hybridized carbons (Fsp3) is 0.250. The summed E-state index contributed by atoms with van der Waals surface area (Å²) in [7, 11) is 0. The largest absolute Gasteiger partial charge is 0.243 e. The molecule has 0 aliphatic heterocycles. The Hall–Kier alpha value is -1.70. The third-order valence-electron chi connectivity index (χ3n) is 3.70. The summed E-state index contributed by atoms with van der Waals surface area (Å²) in [5.41, 5.74) is -0.201. The van der Waals surface area contributed by atoms with Gasteiger partial charge in [0.15, 0.2) is 5.67 Å². The van der Waals surface area contributed by atoms with Crippen LogP contribution in [-0.2, 0) is 12.1 Å². The zero-order valence-corrected chi connectivity index (χ0v) is 9.94. The van der Waals surface area contributed by atoms with E-state index in [4.69, 9.17) is 0 Å². The molecular formula is C16H14F2. The lowest BCUT2D eigenvalue weighted by atomic mass is 9.75. The molecule has 0 saturated carbocycles. The van der Waals surface area contributed by atoms with Gasteiger partial charge in [-0.3, -0.25) is 0 Å². The van der Waals surface area contributed by atoms with Crippen molar-refractivity contribution in [2.24, 2.45) is 0 Å². The van der Waals surface area contributed by atoms with E-state index in [2.05, 4.69) is 0 Å². The highest BCUT2D eigenvalue weighted by Crippen LogP contribution is 2.45. The molecular weight excluding hydrogens is 230 g/mol. The zero-order chi connectivity index (χ0) is 12.6. The van der Waals surface area contributed by atoms with Gasteiger partial charge in [-0.1, -0.05) is 54.6 Å². The van der Waals surface area contributed by atoms with Crippen LogP contribution in [0.15, 0.2) is 54.6 Å². The van der Waals surface area contributed by atoms with Crippen molar-refractivity contribution in [3.05, 3.63) is 71.3 Å². The van der Waals surface area contributed by atoms with E-state index >= 15 is 4.39 Å². The van der Waals surface area contributed by atoms with Gasteiger partial charge in [-0.25, -0.2) is 8.78 Å². The number of rotatable bonds is 1. The van der Waals surface area contributed by atoms with Crippen molar-refractivity contribution < 1.29 is 8.78 Å². The van der Waals surface area contributed by atoms with Crippen molar-refractivity contribution >= 4 is 0 Å². The molecule has 0 unspecified atom stereocenters. The van der Waals surface area contributed by atoms with Crippen LogP contribution in [0.2, 0.25) is 0 Å². The van der Waals surface area contributed by atoms with Crippen molar-refractivity contribution in [1.82, 2.24) is 0 Å². The van der Waals surface area contributed by atoms with Crippen molar-refractivity contribution in [3.8, 4) is 0 Å². The number of alkyl halides is 2. The first-order valence-electron chi connectivity index (χ1n) is 6.20. The highest BCUT2D eigenvalue weighted by Gasteiger charge is 2.46. The minimum absolute atomic E-state index is 0.238. The zero-order valence-electron chi connectivity index (χ0n) is 9.94. The van der Waals surface area contributed by atoms with Gasteiger partial charge < -0.3 is 0 Å². The Morgan fingerprint density at radius 3 is 2.39 bits per heavy atom. The molecule has 0 N–H and O–H groups in total. The number of hydrogen-bond donors (Lipinski definition) is 0. The van der Waals surface area contributed by atoms with E-state index < -0.39 is 11.8 Å².